The second-order valence-corrected chi connectivity index (χ2v) is 7.17. The van der Waals surface area contributed by atoms with Crippen LogP contribution in [0.1, 0.15) is 22.7 Å². The van der Waals surface area contributed by atoms with E-state index in [0.29, 0.717) is 6.54 Å². The SMILES string of the molecule is C[NH+](C)C[C@@H](NC(=O)/C=C/c1cnn(Cc2ccccc2)c1)c1ccccc1. The quantitative estimate of drug-likeness (QED) is 0.591. The third-order valence-corrected chi connectivity index (χ3v) is 4.40. The highest BCUT2D eigenvalue weighted by Crippen LogP contribution is 2.11. The van der Waals surface area contributed by atoms with E-state index in [0.717, 1.165) is 17.7 Å². The zero-order valence-electron chi connectivity index (χ0n) is 16.4. The van der Waals surface area contributed by atoms with Gasteiger partial charge >= 0.3 is 0 Å². The van der Waals surface area contributed by atoms with Crippen LogP contribution < -0.4 is 10.2 Å². The smallest absolute Gasteiger partial charge is 0.244 e. The molecule has 1 heterocycles. The Morgan fingerprint density at radius 1 is 1.11 bits per heavy atom. The van der Waals surface area contributed by atoms with Crippen LogP contribution in [-0.2, 0) is 11.3 Å². The number of quaternary nitrogens is 1. The highest BCUT2D eigenvalue weighted by Gasteiger charge is 2.16. The molecule has 0 bridgehead atoms. The van der Waals surface area contributed by atoms with Crippen LogP contribution in [0.25, 0.3) is 6.08 Å². The summed E-state index contributed by atoms with van der Waals surface area (Å²) in [4.78, 5) is 13.7. The highest BCUT2D eigenvalue weighted by molar-refractivity contribution is 5.91. The first-order valence-electron chi connectivity index (χ1n) is 9.49. The molecule has 1 amide bonds. The number of carbonyl (C=O) groups is 1. The normalized spacial score (nSPS) is 12.4. The summed E-state index contributed by atoms with van der Waals surface area (Å²) >= 11 is 0. The maximum atomic E-state index is 12.4. The van der Waals surface area contributed by atoms with Crippen LogP contribution in [-0.4, -0.2) is 36.3 Å². The summed E-state index contributed by atoms with van der Waals surface area (Å²) < 4.78 is 1.87. The van der Waals surface area contributed by atoms with Crippen LogP contribution in [0.3, 0.4) is 0 Å². The Morgan fingerprint density at radius 2 is 1.79 bits per heavy atom. The van der Waals surface area contributed by atoms with Crippen LogP contribution in [0.2, 0.25) is 0 Å². The number of rotatable bonds is 8. The number of nitrogens with zero attached hydrogens (tertiary/aromatic N) is 2. The number of nitrogens with one attached hydrogen (secondary N) is 2. The molecule has 2 aromatic carbocycles. The average molecular weight is 375 g/mol. The van der Waals surface area contributed by atoms with Crippen molar-refractivity contribution in [1.82, 2.24) is 15.1 Å². The second kappa shape index (κ2) is 9.67. The monoisotopic (exact) mass is 375 g/mol. The fourth-order valence-corrected chi connectivity index (χ4v) is 3.06. The standard InChI is InChI=1S/C23H26N4O/c1-26(2)18-22(21-11-7-4-8-12-21)25-23(28)14-13-20-15-24-27(17-20)16-19-9-5-3-6-10-19/h3-15,17,22H,16,18H2,1-2H3,(H,25,28)/p+1/b14-13+/t22-/m1/s1. The van der Waals surface area contributed by atoms with Crippen LogP contribution in [0.5, 0.6) is 0 Å². The van der Waals surface area contributed by atoms with E-state index in [1.54, 1.807) is 18.3 Å². The minimum Gasteiger partial charge on any atom is -0.340 e. The first-order valence-corrected chi connectivity index (χ1v) is 9.49. The van der Waals surface area contributed by atoms with E-state index in [4.69, 9.17) is 0 Å². The van der Waals surface area contributed by atoms with Crippen molar-refractivity contribution in [3.8, 4) is 0 Å². The molecule has 0 saturated carbocycles. The lowest BCUT2D eigenvalue weighted by Crippen LogP contribution is -3.06. The summed E-state index contributed by atoms with van der Waals surface area (Å²) in [6.45, 7) is 1.53. The van der Waals surface area contributed by atoms with E-state index in [1.165, 1.54) is 10.5 Å². The number of hydrogen-bond acceptors (Lipinski definition) is 2. The molecule has 0 unspecified atom stereocenters. The molecule has 0 aliphatic rings. The number of benzene rings is 2. The third kappa shape index (κ3) is 5.93. The molecular formula is C23H27N4O+. The zero-order chi connectivity index (χ0) is 19.8. The van der Waals surface area contributed by atoms with Gasteiger partial charge in [-0.3, -0.25) is 9.48 Å². The molecule has 0 spiro atoms. The topological polar surface area (TPSA) is 51.4 Å². The lowest BCUT2D eigenvalue weighted by Gasteiger charge is -2.20. The summed E-state index contributed by atoms with van der Waals surface area (Å²) in [5, 5.41) is 7.48. The van der Waals surface area contributed by atoms with Gasteiger partial charge in [-0.05, 0) is 17.2 Å². The maximum absolute atomic E-state index is 12.4. The predicted molar refractivity (Wildman–Crippen MR) is 112 cm³/mol. The van der Waals surface area contributed by atoms with Crippen molar-refractivity contribution in [2.45, 2.75) is 12.6 Å². The number of amides is 1. The number of carbonyl (C=O) groups excluding carboxylic acids is 1. The van der Waals surface area contributed by atoms with E-state index < -0.39 is 0 Å². The molecule has 2 N–H and O–H groups in total. The Kier molecular flexibility index (Phi) is 6.76. The van der Waals surface area contributed by atoms with Gasteiger partial charge in [-0.15, -0.1) is 0 Å². The molecular weight excluding hydrogens is 348 g/mol. The largest absolute Gasteiger partial charge is 0.340 e. The molecule has 0 aliphatic carbocycles. The molecule has 1 atom stereocenters. The molecule has 1 aromatic heterocycles. The van der Waals surface area contributed by atoms with E-state index in [1.807, 2.05) is 59.4 Å². The molecule has 0 fully saturated rings. The Morgan fingerprint density at radius 3 is 2.46 bits per heavy atom. The molecule has 0 aliphatic heterocycles. The van der Waals surface area contributed by atoms with E-state index in [-0.39, 0.29) is 11.9 Å². The third-order valence-electron chi connectivity index (χ3n) is 4.40. The van der Waals surface area contributed by atoms with Gasteiger partial charge < -0.3 is 10.2 Å². The molecule has 3 rings (SSSR count). The Hall–Kier alpha value is -3.18. The lowest BCUT2D eigenvalue weighted by atomic mass is 10.1. The fourth-order valence-electron chi connectivity index (χ4n) is 3.06. The fraction of sp³-hybridized carbons (Fsp3) is 0.217. The van der Waals surface area contributed by atoms with Crippen molar-refractivity contribution in [3.05, 3.63) is 95.8 Å². The van der Waals surface area contributed by atoms with E-state index >= 15 is 0 Å². The van der Waals surface area contributed by atoms with Gasteiger partial charge in [0.25, 0.3) is 0 Å². The van der Waals surface area contributed by atoms with Crippen molar-refractivity contribution in [1.29, 1.82) is 0 Å². The first kappa shape index (κ1) is 19.6. The molecule has 28 heavy (non-hydrogen) atoms. The number of hydrogen-bond donors (Lipinski definition) is 2. The van der Waals surface area contributed by atoms with Gasteiger partial charge in [-0.2, -0.15) is 5.10 Å². The maximum Gasteiger partial charge on any atom is 0.244 e. The minimum atomic E-state index is -0.106. The van der Waals surface area contributed by atoms with Gasteiger partial charge in [-0.25, -0.2) is 0 Å². The molecule has 0 saturated heterocycles. The van der Waals surface area contributed by atoms with E-state index in [9.17, 15) is 4.79 Å². The van der Waals surface area contributed by atoms with Crippen molar-refractivity contribution >= 4 is 12.0 Å². The summed E-state index contributed by atoms with van der Waals surface area (Å²) in [6.07, 6.45) is 7.08. The van der Waals surface area contributed by atoms with Gasteiger partial charge in [0.1, 0.15) is 12.6 Å². The average Bonchev–Trinajstić information content (AvgIpc) is 3.14. The molecule has 0 radical (unpaired) electrons. The van der Waals surface area contributed by atoms with Crippen LogP contribution in [0.15, 0.2) is 79.1 Å². The lowest BCUT2D eigenvalue weighted by molar-refractivity contribution is -0.860. The van der Waals surface area contributed by atoms with E-state index in [2.05, 4.69) is 36.6 Å². The van der Waals surface area contributed by atoms with Gasteiger partial charge in [0.15, 0.2) is 0 Å². The second-order valence-electron chi connectivity index (χ2n) is 7.17. The number of aromatic nitrogens is 2. The van der Waals surface area contributed by atoms with Crippen molar-refractivity contribution in [2.75, 3.05) is 20.6 Å². The minimum absolute atomic E-state index is 0.0239. The highest BCUT2D eigenvalue weighted by atomic mass is 16.1. The van der Waals surface area contributed by atoms with Crippen LogP contribution in [0, 0.1) is 0 Å². The first-order chi connectivity index (χ1) is 13.6. The van der Waals surface area contributed by atoms with Crippen LogP contribution in [0.4, 0.5) is 0 Å². The Bertz CT molecular complexity index is 901. The summed E-state index contributed by atoms with van der Waals surface area (Å²) in [5.41, 5.74) is 3.21. The molecule has 5 heteroatoms. The zero-order valence-corrected chi connectivity index (χ0v) is 16.4. The Balaban J connectivity index is 1.61. The summed E-state index contributed by atoms with van der Waals surface area (Å²) in [5.74, 6) is -0.106. The Labute approximate surface area is 166 Å². The van der Waals surface area contributed by atoms with Gasteiger partial charge in [0.05, 0.1) is 26.8 Å². The molecule has 5 nitrogen and oxygen atoms in total. The summed E-state index contributed by atoms with van der Waals surface area (Å²) in [7, 11) is 4.16. The van der Waals surface area contributed by atoms with Gasteiger partial charge in [0.2, 0.25) is 5.91 Å². The van der Waals surface area contributed by atoms with Crippen molar-refractivity contribution in [2.24, 2.45) is 0 Å². The predicted octanol–water partition coefficient (Wildman–Crippen LogP) is 1.95. The molecule has 3 aromatic rings. The number of likely N-dealkylation sites (N-methyl/N-ethyl adjacent to an activating group) is 1. The van der Waals surface area contributed by atoms with Crippen molar-refractivity contribution < 1.29 is 9.69 Å². The van der Waals surface area contributed by atoms with Gasteiger partial charge in [-0.1, -0.05) is 60.7 Å². The van der Waals surface area contributed by atoms with Gasteiger partial charge in [0, 0.05) is 17.8 Å². The summed E-state index contributed by atoms with van der Waals surface area (Å²) in [6, 6.07) is 20.2. The molecule has 144 valence electrons. The van der Waals surface area contributed by atoms with Crippen LogP contribution >= 0.6 is 0 Å². The van der Waals surface area contributed by atoms with Crippen molar-refractivity contribution in [3.63, 3.8) is 0 Å².